The standard InChI is InChI=1S/C11H19FO2/c1-4-7-8-9(5-2)11(12)14-10(13)6-3/h6,9,11H,3-5,7-8H2,1-2H3. The second-order valence-corrected chi connectivity index (χ2v) is 3.30. The lowest BCUT2D eigenvalue weighted by molar-refractivity contribution is -0.157. The van der Waals surface area contributed by atoms with Gasteiger partial charge in [0, 0.05) is 12.0 Å². The molecule has 3 heteroatoms. The van der Waals surface area contributed by atoms with Crippen LogP contribution < -0.4 is 0 Å². The summed E-state index contributed by atoms with van der Waals surface area (Å²) in [5.41, 5.74) is 0. The molecule has 0 aliphatic carbocycles. The quantitative estimate of drug-likeness (QED) is 0.468. The Balaban J connectivity index is 3.95. The molecule has 0 radical (unpaired) electrons. The molecule has 0 heterocycles. The molecule has 14 heavy (non-hydrogen) atoms. The van der Waals surface area contributed by atoms with Gasteiger partial charge in [-0.1, -0.05) is 33.3 Å². The Morgan fingerprint density at radius 2 is 2.21 bits per heavy atom. The Morgan fingerprint density at radius 3 is 2.64 bits per heavy atom. The summed E-state index contributed by atoms with van der Waals surface area (Å²) in [6, 6.07) is 0. The Kier molecular flexibility index (Phi) is 7.07. The number of esters is 1. The topological polar surface area (TPSA) is 26.3 Å². The molecule has 0 aliphatic rings. The van der Waals surface area contributed by atoms with Crippen LogP contribution in [0.15, 0.2) is 12.7 Å². The van der Waals surface area contributed by atoms with Crippen molar-refractivity contribution in [3.05, 3.63) is 12.7 Å². The van der Waals surface area contributed by atoms with E-state index in [1.807, 2.05) is 6.92 Å². The van der Waals surface area contributed by atoms with E-state index in [0.29, 0.717) is 6.42 Å². The first kappa shape index (κ1) is 13.1. The smallest absolute Gasteiger partial charge is 0.332 e. The molecule has 82 valence electrons. The number of alkyl halides is 1. The number of ether oxygens (including phenoxy) is 1. The minimum atomic E-state index is -1.49. The first-order valence-electron chi connectivity index (χ1n) is 5.12. The van der Waals surface area contributed by atoms with Crippen LogP contribution >= 0.6 is 0 Å². The minimum Gasteiger partial charge on any atom is -0.428 e. The lowest BCUT2D eigenvalue weighted by atomic mass is 9.99. The highest BCUT2D eigenvalue weighted by Gasteiger charge is 2.21. The first-order valence-corrected chi connectivity index (χ1v) is 5.12. The molecule has 0 amide bonds. The summed E-state index contributed by atoms with van der Waals surface area (Å²) < 4.78 is 17.9. The molecule has 0 rings (SSSR count). The summed E-state index contributed by atoms with van der Waals surface area (Å²) >= 11 is 0. The number of carbonyl (C=O) groups excluding carboxylic acids is 1. The van der Waals surface area contributed by atoms with Gasteiger partial charge in [0.2, 0.25) is 6.36 Å². The van der Waals surface area contributed by atoms with Gasteiger partial charge in [-0.2, -0.15) is 0 Å². The number of unbranched alkanes of at least 4 members (excludes halogenated alkanes) is 1. The van der Waals surface area contributed by atoms with Gasteiger partial charge in [0.25, 0.3) is 0 Å². The normalized spacial score (nSPS) is 14.5. The van der Waals surface area contributed by atoms with Gasteiger partial charge in [-0.3, -0.25) is 0 Å². The molecule has 0 saturated heterocycles. The molecule has 0 bridgehead atoms. The molecule has 2 nitrogen and oxygen atoms in total. The van der Waals surface area contributed by atoms with E-state index in [9.17, 15) is 9.18 Å². The fraction of sp³-hybridized carbons (Fsp3) is 0.727. The molecule has 0 saturated carbocycles. The number of hydrogen-bond acceptors (Lipinski definition) is 2. The van der Waals surface area contributed by atoms with Gasteiger partial charge < -0.3 is 4.74 Å². The van der Waals surface area contributed by atoms with Crippen molar-refractivity contribution in [3.8, 4) is 0 Å². The van der Waals surface area contributed by atoms with Gasteiger partial charge in [-0.05, 0) is 12.8 Å². The summed E-state index contributed by atoms with van der Waals surface area (Å²) in [5, 5.41) is 0. The van der Waals surface area contributed by atoms with Crippen LogP contribution in [0.2, 0.25) is 0 Å². The molecule has 2 atom stereocenters. The van der Waals surface area contributed by atoms with E-state index in [1.54, 1.807) is 0 Å². The van der Waals surface area contributed by atoms with Crippen LogP contribution in [0.5, 0.6) is 0 Å². The third kappa shape index (κ3) is 5.00. The van der Waals surface area contributed by atoms with Crippen molar-refractivity contribution in [3.63, 3.8) is 0 Å². The first-order chi connectivity index (χ1) is 6.65. The van der Waals surface area contributed by atoms with Crippen LogP contribution in [0.3, 0.4) is 0 Å². The van der Waals surface area contributed by atoms with Gasteiger partial charge in [0.05, 0.1) is 0 Å². The second kappa shape index (κ2) is 7.54. The molecule has 0 aromatic rings. The highest BCUT2D eigenvalue weighted by molar-refractivity contribution is 5.81. The third-order valence-corrected chi connectivity index (χ3v) is 2.22. The molecular formula is C11H19FO2. The molecule has 0 N–H and O–H groups in total. The van der Waals surface area contributed by atoms with E-state index in [2.05, 4.69) is 18.2 Å². The maximum absolute atomic E-state index is 13.3. The molecule has 0 aliphatic heterocycles. The van der Waals surface area contributed by atoms with Crippen LogP contribution in [0.4, 0.5) is 4.39 Å². The van der Waals surface area contributed by atoms with Crippen molar-refractivity contribution in [2.75, 3.05) is 0 Å². The average Bonchev–Trinajstić information content (AvgIpc) is 2.18. The minimum absolute atomic E-state index is 0.182. The van der Waals surface area contributed by atoms with E-state index in [-0.39, 0.29) is 5.92 Å². The maximum atomic E-state index is 13.3. The van der Waals surface area contributed by atoms with Crippen LogP contribution in [0.25, 0.3) is 0 Å². The van der Waals surface area contributed by atoms with E-state index >= 15 is 0 Å². The zero-order valence-corrected chi connectivity index (χ0v) is 8.96. The summed E-state index contributed by atoms with van der Waals surface area (Å²) in [7, 11) is 0. The van der Waals surface area contributed by atoms with E-state index in [1.165, 1.54) is 0 Å². The van der Waals surface area contributed by atoms with Crippen molar-refractivity contribution in [1.29, 1.82) is 0 Å². The second-order valence-electron chi connectivity index (χ2n) is 3.30. The number of hydrogen-bond donors (Lipinski definition) is 0. The number of rotatable bonds is 7. The van der Waals surface area contributed by atoms with Gasteiger partial charge in [0.1, 0.15) is 0 Å². The fourth-order valence-corrected chi connectivity index (χ4v) is 1.24. The summed E-state index contributed by atoms with van der Waals surface area (Å²) in [4.78, 5) is 10.7. The van der Waals surface area contributed by atoms with Crippen molar-refractivity contribution in [2.24, 2.45) is 5.92 Å². The van der Waals surface area contributed by atoms with Crippen molar-refractivity contribution in [2.45, 2.75) is 45.9 Å². The SMILES string of the molecule is C=CC(=O)OC(F)C(CC)CCCC. The predicted octanol–water partition coefficient (Wildman–Crippen LogP) is 3.23. The van der Waals surface area contributed by atoms with Crippen LogP contribution in [-0.2, 0) is 9.53 Å². The van der Waals surface area contributed by atoms with Crippen LogP contribution in [0, 0.1) is 5.92 Å². The Bertz CT molecular complexity index is 180. The highest BCUT2D eigenvalue weighted by Crippen LogP contribution is 2.20. The average molecular weight is 202 g/mol. The zero-order chi connectivity index (χ0) is 11.0. The van der Waals surface area contributed by atoms with Crippen LogP contribution in [0.1, 0.15) is 39.5 Å². The predicted molar refractivity (Wildman–Crippen MR) is 54.5 cm³/mol. The largest absolute Gasteiger partial charge is 0.428 e. The van der Waals surface area contributed by atoms with Crippen molar-refractivity contribution in [1.82, 2.24) is 0 Å². The zero-order valence-electron chi connectivity index (χ0n) is 8.96. The van der Waals surface area contributed by atoms with Gasteiger partial charge >= 0.3 is 5.97 Å². The molecular weight excluding hydrogens is 183 g/mol. The highest BCUT2D eigenvalue weighted by atomic mass is 19.1. The number of halogens is 1. The van der Waals surface area contributed by atoms with Crippen molar-refractivity contribution >= 4 is 5.97 Å². The van der Waals surface area contributed by atoms with E-state index in [0.717, 1.165) is 25.3 Å². The lowest BCUT2D eigenvalue weighted by Gasteiger charge is -2.18. The Labute approximate surface area is 85.1 Å². The molecule has 0 aromatic carbocycles. The van der Waals surface area contributed by atoms with Crippen LogP contribution in [-0.4, -0.2) is 12.3 Å². The number of carbonyl (C=O) groups is 1. The molecule has 0 aromatic heterocycles. The molecule has 2 unspecified atom stereocenters. The summed E-state index contributed by atoms with van der Waals surface area (Å²) in [6.45, 7) is 7.17. The summed E-state index contributed by atoms with van der Waals surface area (Å²) in [6.07, 6.45) is 2.93. The Morgan fingerprint density at radius 1 is 1.57 bits per heavy atom. The molecule has 0 fully saturated rings. The van der Waals surface area contributed by atoms with E-state index < -0.39 is 12.3 Å². The molecule has 0 spiro atoms. The van der Waals surface area contributed by atoms with Gasteiger partial charge in [-0.25, -0.2) is 9.18 Å². The Hall–Kier alpha value is -0.860. The maximum Gasteiger partial charge on any atom is 0.332 e. The third-order valence-electron chi connectivity index (χ3n) is 2.22. The van der Waals surface area contributed by atoms with Gasteiger partial charge in [-0.15, -0.1) is 0 Å². The monoisotopic (exact) mass is 202 g/mol. The van der Waals surface area contributed by atoms with Crippen molar-refractivity contribution < 1.29 is 13.9 Å². The summed E-state index contributed by atoms with van der Waals surface area (Å²) in [5.74, 6) is -0.869. The lowest BCUT2D eigenvalue weighted by Crippen LogP contribution is -2.21. The van der Waals surface area contributed by atoms with E-state index in [4.69, 9.17) is 0 Å². The fourth-order valence-electron chi connectivity index (χ4n) is 1.24. The van der Waals surface area contributed by atoms with Gasteiger partial charge in [0.15, 0.2) is 0 Å².